The van der Waals surface area contributed by atoms with E-state index in [9.17, 15) is 8.42 Å². The highest BCUT2D eigenvalue weighted by Crippen LogP contribution is 2.30. The molecule has 2 rings (SSSR count). The van der Waals surface area contributed by atoms with Crippen molar-refractivity contribution in [2.75, 3.05) is 13.7 Å². The first-order chi connectivity index (χ1) is 9.48. The monoisotopic (exact) mass is 297 g/mol. The molecule has 0 bridgehead atoms. The molecule has 5 heteroatoms. The minimum Gasteiger partial charge on any atom is -0.377 e. The molecule has 4 unspecified atom stereocenters. The van der Waals surface area contributed by atoms with Crippen LogP contribution in [0.4, 0.5) is 0 Å². The summed E-state index contributed by atoms with van der Waals surface area (Å²) in [4.78, 5) is 0. The summed E-state index contributed by atoms with van der Waals surface area (Å²) >= 11 is 0. The van der Waals surface area contributed by atoms with Crippen LogP contribution in [-0.4, -0.2) is 38.7 Å². The second-order valence-electron chi connectivity index (χ2n) is 5.37. The van der Waals surface area contributed by atoms with Gasteiger partial charge in [0.25, 0.3) is 0 Å². The van der Waals surface area contributed by atoms with Crippen LogP contribution >= 0.6 is 0 Å². The van der Waals surface area contributed by atoms with Gasteiger partial charge in [-0.1, -0.05) is 30.3 Å². The fraction of sp³-hybridized carbons (Fsp3) is 0.600. The molecule has 1 aromatic carbocycles. The minimum atomic E-state index is -3.23. The molecule has 0 saturated carbocycles. The van der Waals surface area contributed by atoms with E-state index in [0.29, 0.717) is 13.0 Å². The molecule has 0 spiro atoms. The average Bonchev–Trinajstić information content (AvgIpc) is 2.87. The standard InChI is InChI=1S/C15H23NO3S/c1-11-14(9-10-19-11)20(17,18)12(2)15(16-3)13-7-5-4-6-8-13/h4-8,11-12,14-16H,9-10H2,1-3H3. The second-order valence-corrected chi connectivity index (χ2v) is 7.90. The molecule has 0 amide bonds. The lowest BCUT2D eigenvalue weighted by atomic mass is 10.0. The zero-order valence-electron chi connectivity index (χ0n) is 12.2. The van der Waals surface area contributed by atoms with Gasteiger partial charge in [0.2, 0.25) is 0 Å². The Balaban J connectivity index is 2.26. The van der Waals surface area contributed by atoms with E-state index in [2.05, 4.69) is 5.32 Å². The predicted octanol–water partition coefficient (Wildman–Crippen LogP) is 1.93. The molecule has 1 heterocycles. The molecule has 0 aromatic heterocycles. The lowest BCUT2D eigenvalue weighted by molar-refractivity contribution is 0.126. The van der Waals surface area contributed by atoms with E-state index in [4.69, 9.17) is 4.74 Å². The molecular formula is C15H23NO3S. The van der Waals surface area contributed by atoms with Gasteiger partial charge in [0, 0.05) is 12.6 Å². The fourth-order valence-electron chi connectivity index (χ4n) is 2.94. The summed E-state index contributed by atoms with van der Waals surface area (Å²) in [5, 5.41) is 2.27. The van der Waals surface area contributed by atoms with Crippen molar-refractivity contribution in [1.82, 2.24) is 5.32 Å². The largest absolute Gasteiger partial charge is 0.377 e. The normalized spacial score (nSPS) is 26.4. The van der Waals surface area contributed by atoms with Crippen LogP contribution in [0.1, 0.15) is 31.9 Å². The third-order valence-electron chi connectivity index (χ3n) is 4.19. The van der Waals surface area contributed by atoms with E-state index in [1.165, 1.54) is 0 Å². The molecule has 4 nitrogen and oxygen atoms in total. The van der Waals surface area contributed by atoms with Crippen molar-refractivity contribution < 1.29 is 13.2 Å². The third kappa shape index (κ3) is 2.90. The summed E-state index contributed by atoms with van der Waals surface area (Å²) < 4.78 is 31.0. The molecule has 1 saturated heterocycles. The zero-order valence-corrected chi connectivity index (χ0v) is 13.1. The Hall–Kier alpha value is -0.910. The Morgan fingerprint density at radius 1 is 1.30 bits per heavy atom. The molecule has 1 aromatic rings. The SMILES string of the molecule is CNC(c1ccccc1)C(C)S(=O)(=O)C1CCOC1C. The van der Waals surface area contributed by atoms with Crippen molar-refractivity contribution in [3.63, 3.8) is 0 Å². The maximum Gasteiger partial charge on any atom is 0.160 e. The highest BCUT2D eigenvalue weighted by molar-refractivity contribution is 7.92. The Bertz CT molecular complexity index is 529. The summed E-state index contributed by atoms with van der Waals surface area (Å²) in [6, 6.07) is 9.51. The molecule has 0 radical (unpaired) electrons. The first-order valence-corrected chi connectivity index (χ1v) is 8.66. The maximum absolute atomic E-state index is 12.8. The second kappa shape index (κ2) is 6.24. The van der Waals surface area contributed by atoms with Crippen LogP contribution in [0.5, 0.6) is 0 Å². The van der Waals surface area contributed by atoms with Crippen molar-refractivity contribution in [1.29, 1.82) is 0 Å². The number of hydrogen-bond donors (Lipinski definition) is 1. The summed E-state index contributed by atoms with van der Waals surface area (Å²) in [5.41, 5.74) is 0.998. The number of sulfone groups is 1. The van der Waals surface area contributed by atoms with Gasteiger partial charge in [-0.2, -0.15) is 0 Å². The van der Waals surface area contributed by atoms with E-state index in [1.54, 1.807) is 14.0 Å². The van der Waals surface area contributed by atoms with E-state index in [1.807, 2.05) is 37.3 Å². The fourth-order valence-corrected chi connectivity index (χ4v) is 5.20. The van der Waals surface area contributed by atoms with Crippen LogP contribution in [0.2, 0.25) is 0 Å². The van der Waals surface area contributed by atoms with Crippen molar-refractivity contribution in [2.24, 2.45) is 0 Å². The van der Waals surface area contributed by atoms with Gasteiger partial charge >= 0.3 is 0 Å². The molecular weight excluding hydrogens is 274 g/mol. The first kappa shape index (κ1) is 15.5. The molecule has 1 N–H and O–H groups in total. The molecule has 112 valence electrons. The number of nitrogens with one attached hydrogen (secondary N) is 1. The van der Waals surface area contributed by atoms with E-state index >= 15 is 0 Å². The van der Waals surface area contributed by atoms with Crippen molar-refractivity contribution >= 4 is 9.84 Å². The van der Waals surface area contributed by atoms with Crippen LogP contribution in [0.25, 0.3) is 0 Å². The zero-order chi connectivity index (χ0) is 14.8. The molecule has 4 atom stereocenters. The van der Waals surface area contributed by atoms with Crippen LogP contribution < -0.4 is 5.32 Å². The van der Waals surface area contributed by atoms with Gasteiger partial charge in [0.05, 0.1) is 16.6 Å². The van der Waals surface area contributed by atoms with E-state index < -0.39 is 20.3 Å². The van der Waals surface area contributed by atoms with Gasteiger partial charge in [-0.05, 0) is 32.9 Å². The molecule has 20 heavy (non-hydrogen) atoms. The van der Waals surface area contributed by atoms with E-state index in [0.717, 1.165) is 5.56 Å². The molecule has 1 aliphatic rings. The predicted molar refractivity (Wildman–Crippen MR) is 80.4 cm³/mol. The topological polar surface area (TPSA) is 55.4 Å². The van der Waals surface area contributed by atoms with Crippen molar-refractivity contribution in [2.45, 2.75) is 42.9 Å². The molecule has 1 aliphatic heterocycles. The average molecular weight is 297 g/mol. The number of ether oxygens (including phenoxy) is 1. The van der Waals surface area contributed by atoms with Gasteiger partial charge in [0.15, 0.2) is 9.84 Å². The van der Waals surface area contributed by atoms with Crippen molar-refractivity contribution in [3.05, 3.63) is 35.9 Å². The van der Waals surface area contributed by atoms with Crippen LogP contribution in [0.15, 0.2) is 30.3 Å². The lowest BCUT2D eigenvalue weighted by Crippen LogP contribution is -2.41. The number of benzene rings is 1. The Morgan fingerprint density at radius 3 is 2.45 bits per heavy atom. The summed E-state index contributed by atoms with van der Waals surface area (Å²) in [5.74, 6) is 0. The van der Waals surface area contributed by atoms with E-state index in [-0.39, 0.29) is 12.1 Å². The van der Waals surface area contributed by atoms with Gasteiger partial charge < -0.3 is 10.1 Å². The Kier molecular flexibility index (Phi) is 4.83. The smallest absolute Gasteiger partial charge is 0.160 e. The quantitative estimate of drug-likeness (QED) is 0.902. The van der Waals surface area contributed by atoms with Gasteiger partial charge in [-0.25, -0.2) is 8.42 Å². The minimum absolute atomic E-state index is 0.200. The highest BCUT2D eigenvalue weighted by Gasteiger charge is 2.41. The van der Waals surface area contributed by atoms with Crippen LogP contribution in [-0.2, 0) is 14.6 Å². The van der Waals surface area contributed by atoms with Gasteiger partial charge in [0.1, 0.15) is 0 Å². The summed E-state index contributed by atoms with van der Waals surface area (Å²) in [6.45, 7) is 4.17. The van der Waals surface area contributed by atoms with Crippen LogP contribution in [0.3, 0.4) is 0 Å². The van der Waals surface area contributed by atoms with Gasteiger partial charge in [-0.3, -0.25) is 0 Å². The summed E-state index contributed by atoms with van der Waals surface area (Å²) in [7, 11) is -1.43. The summed E-state index contributed by atoms with van der Waals surface area (Å²) in [6.07, 6.45) is 0.384. The number of rotatable bonds is 5. The van der Waals surface area contributed by atoms with Crippen LogP contribution in [0, 0.1) is 0 Å². The highest BCUT2D eigenvalue weighted by atomic mass is 32.2. The van der Waals surface area contributed by atoms with Crippen molar-refractivity contribution in [3.8, 4) is 0 Å². The third-order valence-corrected chi connectivity index (χ3v) is 6.96. The van der Waals surface area contributed by atoms with Gasteiger partial charge in [-0.15, -0.1) is 0 Å². The Labute approximate surface area is 121 Å². The maximum atomic E-state index is 12.8. The number of hydrogen-bond acceptors (Lipinski definition) is 4. The molecule has 0 aliphatic carbocycles. The lowest BCUT2D eigenvalue weighted by Gasteiger charge is -2.27. The first-order valence-electron chi connectivity index (χ1n) is 7.05. The Morgan fingerprint density at radius 2 is 1.95 bits per heavy atom. The molecule has 1 fully saturated rings.